The van der Waals surface area contributed by atoms with Crippen molar-refractivity contribution in [3.8, 4) is 0 Å². The molecule has 0 radical (unpaired) electrons. The lowest BCUT2D eigenvalue weighted by Crippen LogP contribution is -2.41. The molecule has 1 amide bonds. The van der Waals surface area contributed by atoms with E-state index in [-0.39, 0.29) is 23.7 Å². The molecule has 0 spiro atoms. The molecule has 1 fully saturated rings. The molecule has 1 atom stereocenters. The van der Waals surface area contributed by atoms with Crippen molar-refractivity contribution in [3.05, 3.63) is 63.1 Å². The number of fused-ring (bicyclic) bond motifs is 1. The summed E-state index contributed by atoms with van der Waals surface area (Å²) in [6.07, 6.45) is -0.647. The summed E-state index contributed by atoms with van der Waals surface area (Å²) in [7, 11) is 0. The van der Waals surface area contributed by atoms with Gasteiger partial charge in [0.05, 0.1) is 29.4 Å². The zero-order chi connectivity index (χ0) is 19.9. The second-order valence-electron chi connectivity index (χ2n) is 7.33. The molecule has 4 rings (SSSR count). The fourth-order valence-corrected chi connectivity index (χ4v) is 4.13. The number of aryl methyl sites for hydroxylation is 2. The monoisotopic (exact) mass is 391 g/mol. The van der Waals surface area contributed by atoms with Crippen molar-refractivity contribution < 1.29 is 18.0 Å². The molecule has 1 aliphatic heterocycles. The molecule has 1 aliphatic carbocycles. The van der Waals surface area contributed by atoms with Gasteiger partial charge in [0.2, 0.25) is 0 Å². The van der Waals surface area contributed by atoms with Crippen LogP contribution in [0, 0.1) is 0 Å². The van der Waals surface area contributed by atoms with E-state index in [1.165, 1.54) is 27.8 Å². The number of rotatable bonds is 3. The quantitative estimate of drug-likeness (QED) is 0.808. The van der Waals surface area contributed by atoms with Gasteiger partial charge < -0.3 is 4.90 Å². The summed E-state index contributed by atoms with van der Waals surface area (Å²) in [4.78, 5) is 26.7. The number of hydrogen-bond acceptors (Lipinski definition) is 3. The van der Waals surface area contributed by atoms with Crippen LogP contribution in [0.3, 0.4) is 0 Å². The predicted octanol–water partition coefficient (Wildman–Crippen LogP) is 3.06. The number of carbonyl (C=O) groups is 1. The van der Waals surface area contributed by atoms with Crippen LogP contribution in [0.1, 0.15) is 46.4 Å². The predicted molar refractivity (Wildman–Crippen MR) is 96.0 cm³/mol. The SMILES string of the molecule is O=C(c1ccccc1C(F)(F)F)N1CCCC1Cn1nc2c(cc1=O)CCC2. The first kappa shape index (κ1) is 18.7. The number of hydrogen-bond donors (Lipinski definition) is 0. The van der Waals surface area contributed by atoms with Crippen LogP contribution in [0.15, 0.2) is 35.1 Å². The van der Waals surface area contributed by atoms with Crippen molar-refractivity contribution >= 4 is 5.91 Å². The van der Waals surface area contributed by atoms with Crippen molar-refractivity contribution in [3.63, 3.8) is 0 Å². The minimum Gasteiger partial charge on any atom is -0.334 e. The van der Waals surface area contributed by atoms with Gasteiger partial charge in [0.1, 0.15) is 0 Å². The molecule has 2 heterocycles. The first-order valence-electron chi connectivity index (χ1n) is 9.41. The van der Waals surface area contributed by atoms with Gasteiger partial charge in [-0.2, -0.15) is 18.3 Å². The summed E-state index contributed by atoms with van der Waals surface area (Å²) in [6.45, 7) is 0.571. The van der Waals surface area contributed by atoms with E-state index in [0.29, 0.717) is 19.4 Å². The topological polar surface area (TPSA) is 55.2 Å². The first-order chi connectivity index (χ1) is 13.3. The van der Waals surface area contributed by atoms with Gasteiger partial charge in [-0.15, -0.1) is 0 Å². The number of alkyl halides is 3. The van der Waals surface area contributed by atoms with Crippen molar-refractivity contribution in [2.24, 2.45) is 0 Å². The third kappa shape index (κ3) is 3.43. The third-order valence-corrected chi connectivity index (χ3v) is 5.51. The Kier molecular flexibility index (Phi) is 4.72. The average Bonchev–Trinajstić information content (AvgIpc) is 3.30. The third-order valence-electron chi connectivity index (χ3n) is 5.51. The number of carbonyl (C=O) groups excluding carboxylic acids is 1. The molecule has 0 saturated carbocycles. The van der Waals surface area contributed by atoms with Crippen molar-refractivity contribution in [1.29, 1.82) is 0 Å². The molecular weight excluding hydrogens is 371 g/mol. The Morgan fingerprint density at radius 2 is 1.96 bits per heavy atom. The molecule has 0 N–H and O–H groups in total. The molecule has 0 bridgehead atoms. The van der Waals surface area contributed by atoms with Crippen molar-refractivity contribution in [1.82, 2.24) is 14.7 Å². The van der Waals surface area contributed by atoms with E-state index in [9.17, 15) is 22.8 Å². The van der Waals surface area contributed by atoms with E-state index in [1.54, 1.807) is 6.07 Å². The normalized spacial score (nSPS) is 19.1. The van der Waals surface area contributed by atoms with Crippen LogP contribution >= 0.6 is 0 Å². The lowest BCUT2D eigenvalue weighted by molar-refractivity contribution is -0.138. The fraction of sp³-hybridized carbons (Fsp3) is 0.450. The Hall–Kier alpha value is -2.64. The Balaban J connectivity index is 1.60. The van der Waals surface area contributed by atoms with E-state index in [4.69, 9.17) is 0 Å². The van der Waals surface area contributed by atoms with Gasteiger partial charge in [-0.05, 0) is 49.8 Å². The van der Waals surface area contributed by atoms with Crippen LogP contribution in [0.2, 0.25) is 0 Å². The number of aromatic nitrogens is 2. The number of halogens is 3. The highest BCUT2D eigenvalue weighted by Crippen LogP contribution is 2.33. The van der Waals surface area contributed by atoms with E-state index >= 15 is 0 Å². The van der Waals surface area contributed by atoms with Gasteiger partial charge in [-0.25, -0.2) is 4.68 Å². The maximum absolute atomic E-state index is 13.3. The van der Waals surface area contributed by atoms with Crippen molar-refractivity contribution in [2.45, 2.75) is 50.9 Å². The lowest BCUT2D eigenvalue weighted by Gasteiger charge is -2.26. The second-order valence-corrected chi connectivity index (χ2v) is 7.33. The maximum atomic E-state index is 13.3. The minimum absolute atomic E-state index is 0.200. The first-order valence-corrected chi connectivity index (χ1v) is 9.41. The van der Waals surface area contributed by atoms with E-state index in [0.717, 1.165) is 36.6 Å². The molecule has 148 valence electrons. The Bertz CT molecular complexity index is 968. The molecule has 1 saturated heterocycles. The molecule has 1 aromatic heterocycles. The van der Waals surface area contributed by atoms with Crippen molar-refractivity contribution in [2.75, 3.05) is 6.54 Å². The lowest BCUT2D eigenvalue weighted by atomic mass is 10.1. The van der Waals surface area contributed by atoms with Gasteiger partial charge in [0, 0.05) is 12.6 Å². The van der Waals surface area contributed by atoms with Crippen LogP contribution in [-0.2, 0) is 25.6 Å². The summed E-state index contributed by atoms with van der Waals surface area (Å²) >= 11 is 0. The molecule has 5 nitrogen and oxygen atoms in total. The highest BCUT2D eigenvalue weighted by Gasteiger charge is 2.38. The van der Waals surface area contributed by atoms with E-state index < -0.39 is 17.6 Å². The number of benzene rings is 1. The highest BCUT2D eigenvalue weighted by molar-refractivity contribution is 5.96. The fourth-order valence-electron chi connectivity index (χ4n) is 4.13. The highest BCUT2D eigenvalue weighted by atomic mass is 19.4. The molecule has 28 heavy (non-hydrogen) atoms. The van der Waals surface area contributed by atoms with E-state index in [2.05, 4.69) is 5.10 Å². The molecule has 2 aromatic rings. The standard InChI is InChI=1S/C20H20F3N3O2/c21-20(22,23)16-8-2-1-7-15(16)19(28)25-10-4-6-14(25)12-26-18(27)11-13-5-3-9-17(13)24-26/h1-2,7-8,11,14H,3-6,9-10,12H2. The van der Waals surface area contributed by atoms with Crippen LogP contribution in [0.5, 0.6) is 0 Å². The second kappa shape index (κ2) is 7.07. The molecule has 8 heteroatoms. The summed E-state index contributed by atoms with van der Waals surface area (Å²) in [5, 5.41) is 4.43. The number of nitrogens with zero attached hydrogens (tertiary/aromatic N) is 3. The van der Waals surface area contributed by atoms with Crippen LogP contribution in [0.4, 0.5) is 13.2 Å². The van der Waals surface area contributed by atoms with Crippen LogP contribution in [-0.4, -0.2) is 33.2 Å². The smallest absolute Gasteiger partial charge is 0.334 e. The molecule has 2 aliphatic rings. The summed E-state index contributed by atoms with van der Waals surface area (Å²) < 4.78 is 41.2. The molecule has 1 aromatic carbocycles. The van der Waals surface area contributed by atoms with E-state index in [1.807, 2.05) is 0 Å². The summed E-state index contributed by atoms with van der Waals surface area (Å²) in [6, 6.07) is 6.08. The largest absolute Gasteiger partial charge is 0.417 e. The Morgan fingerprint density at radius 1 is 1.18 bits per heavy atom. The zero-order valence-corrected chi connectivity index (χ0v) is 15.2. The minimum atomic E-state index is -4.60. The van der Waals surface area contributed by atoms with Gasteiger partial charge in [0.25, 0.3) is 11.5 Å². The number of amides is 1. The molecular formula is C20H20F3N3O2. The van der Waals surface area contributed by atoms with Gasteiger partial charge in [-0.1, -0.05) is 12.1 Å². The Morgan fingerprint density at radius 3 is 2.75 bits per heavy atom. The summed E-state index contributed by atoms with van der Waals surface area (Å²) in [5.41, 5.74) is 0.364. The van der Waals surface area contributed by atoms with Gasteiger partial charge >= 0.3 is 6.18 Å². The van der Waals surface area contributed by atoms with Gasteiger partial charge in [-0.3, -0.25) is 9.59 Å². The average molecular weight is 391 g/mol. The summed E-state index contributed by atoms with van der Waals surface area (Å²) in [5.74, 6) is -0.648. The number of likely N-dealkylation sites (tertiary alicyclic amines) is 1. The molecule has 1 unspecified atom stereocenters. The van der Waals surface area contributed by atoms with Gasteiger partial charge in [0.15, 0.2) is 0 Å². The van der Waals surface area contributed by atoms with Crippen LogP contribution < -0.4 is 5.56 Å². The van der Waals surface area contributed by atoms with Crippen LogP contribution in [0.25, 0.3) is 0 Å². The Labute approximate surface area is 159 Å². The zero-order valence-electron chi connectivity index (χ0n) is 15.2. The maximum Gasteiger partial charge on any atom is 0.417 e.